The first-order chi connectivity index (χ1) is 14.0. The fourth-order valence-corrected chi connectivity index (χ4v) is 4.62. The van der Waals surface area contributed by atoms with Crippen LogP contribution in [-0.4, -0.2) is 42.1 Å². The van der Waals surface area contributed by atoms with Gasteiger partial charge in [-0.3, -0.25) is 14.9 Å². The Kier molecular flexibility index (Phi) is 4.72. The van der Waals surface area contributed by atoms with Crippen molar-refractivity contribution in [3.05, 3.63) is 65.7 Å². The highest BCUT2D eigenvalue weighted by Gasteiger charge is 2.69. The van der Waals surface area contributed by atoms with Gasteiger partial charge in [0.1, 0.15) is 0 Å². The van der Waals surface area contributed by atoms with Crippen molar-refractivity contribution in [3.8, 4) is 0 Å². The highest BCUT2D eigenvalue weighted by atomic mass is 16.5. The fourth-order valence-electron chi connectivity index (χ4n) is 4.62. The monoisotopic (exact) mass is 394 g/mol. The third-order valence-electron chi connectivity index (χ3n) is 5.99. The van der Waals surface area contributed by atoms with E-state index in [1.165, 1.54) is 7.11 Å². The summed E-state index contributed by atoms with van der Waals surface area (Å²) in [5.41, 5.74) is 0.471. The zero-order chi connectivity index (χ0) is 20.8. The van der Waals surface area contributed by atoms with Gasteiger partial charge in [-0.1, -0.05) is 42.5 Å². The molecule has 0 spiro atoms. The van der Waals surface area contributed by atoms with Crippen LogP contribution in [0.5, 0.6) is 0 Å². The van der Waals surface area contributed by atoms with Crippen LogP contribution in [0.3, 0.4) is 0 Å². The normalized spacial score (nSPS) is 28.5. The number of ether oxygens (including phenoxy) is 1. The second-order valence-corrected chi connectivity index (χ2v) is 7.45. The molecule has 0 bridgehead atoms. The zero-order valence-corrected chi connectivity index (χ0v) is 16.2. The van der Waals surface area contributed by atoms with Gasteiger partial charge in [-0.2, -0.15) is 0 Å². The molecule has 2 amide bonds. The van der Waals surface area contributed by atoms with E-state index in [0.29, 0.717) is 5.69 Å². The lowest BCUT2D eigenvalue weighted by Crippen LogP contribution is -2.59. The van der Waals surface area contributed by atoms with E-state index in [2.05, 4.69) is 5.32 Å². The molecule has 150 valence electrons. The van der Waals surface area contributed by atoms with E-state index in [0.717, 1.165) is 16.0 Å². The van der Waals surface area contributed by atoms with E-state index in [-0.39, 0.29) is 0 Å². The molecule has 0 aromatic heterocycles. The van der Waals surface area contributed by atoms with Crippen molar-refractivity contribution in [1.82, 2.24) is 5.32 Å². The first-order valence-corrected chi connectivity index (χ1v) is 9.41. The summed E-state index contributed by atoms with van der Waals surface area (Å²) in [6, 6.07) is 15.5. The standard InChI is InChI=1S/C22H22N2O5/c1-13-8-6-7-11-15(13)18-16-17(22(12-25,23-18)21(28)29-2)20(27)24(19(16)26)14-9-4-3-5-10-14/h3-11,16-18,23,25H,12H2,1-2H3/t16-,17+,18-,22-/m1/s1. The number of esters is 1. The van der Waals surface area contributed by atoms with Gasteiger partial charge in [-0.15, -0.1) is 0 Å². The Morgan fingerprint density at radius 2 is 1.76 bits per heavy atom. The summed E-state index contributed by atoms with van der Waals surface area (Å²) < 4.78 is 4.93. The maximum absolute atomic E-state index is 13.4. The van der Waals surface area contributed by atoms with Crippen LogP contribution in [0.1, 0.15) is 17.2 Å². The van der Waals surface area contributed by atoms with Gasteiger partial charge in [-0.05, 0) is 30.2 Å². The Hall–Kier alpha value is -3.03. The maximum atomic E-state index is 13.4. The lowest BCUT2D eigenvalue weighted by Gasteiger charge is -2.30. The molecule has 2 N–H and O–H groups in total. The molecule has 2 aromatic carbocycles. The number of para-hydroxylation sites is 1. The van der Waals surface area contributed by atoms with Crippen molar-refractivity contribution in [1.29, 1.82) is 0 Å². The number of imide groups is 1. The first kappa shape index (κ1) is 19.3. The number of nitrogens with one attached hydrogen (secondary N) is 1. The molecular formula is C22H22N2O5. The molecule has 0 saturated carbocycles. The number of fused-ring (bicyclic) bond motifs is 1. The average Bonchev–Trinajstić information content (AvgIpc) is 3.23. The van der Waals surface area contributed by atoms with Crippen molar-refractivity contribution < 1.29 is 24.2 Å². The molecule has 2 aliphatic rings. The quantitative estimate of drug-likeness (QED) is 0.600. The number of aliphatic hydroxyl groups is 1. The fraction of sp³-hybridized carbons (Fsp3) is 0.318. The highest BCUT2D eigenvalue weighted by Crippen LogP contribution is 2.50. The molecular weight excluding hydrogens is 372 g/mol. The summed E-state index contributed by atoms with van der Waals surface area (Å²) in [5, 5.41) is 13.3. The molecule has 29 heavy (non-hydrogen) atoms. The number of benzene rings is 2. The third kappa shape index (κ3) is 2.69. The number of hydrogen-bond acceptors (Lipinski definition) is 6. The third-order valence-corrected chi connectivity index (χ3v) is 5.99. The molecule has 7 nitrogen and oxygen atoms in total. The zero-order valence-electron chi connectivity index (χ0n) is 16.2. The summed E-state index contributed by atoms with van der Waals surface area (Å²) in [5.74, 6) is -3.59. The second kappa shape index (κ2) is 7.09. The topological polar surface area (TPSA) is 95.9 Å². The van der Waals surface area contributed by atoms with E-state index >= 15 is 0 Å². The molecule has 0 unspecified atom stereocenters. The van der Waals surface area contributed by atoms with Crippen LogP contribution in [-0.2, 0) is 19.1 Å². The number of anilines is 1. The van der Waals surface area contributed by atoms with E-state index in [4.69, 9.17) is 4.74 Å². The Morgan fingerprint density at radius 1 is 1.10 bits per heavy atom. The van der Waals surface area contributed by atoms with Gasteiger partial charge < -0.3 is 9.84 Å². The van der Waals surface area contributed by atoms with E-state index in [9.17, 15) is 19.5 Å². The number of aliphatic hydroxyl groups excluding tert-OH is 1. The number of hydrogen-bond donors (Lipinski definition) is 2. The molecule has 0 aliphatic carbocycles. The number of nitrogens with zero attached hydrogens (tertiary/aromatic N) is 1. The van der Waals surface area contributed by atoms with Crippen molar-refractivity contribution in [2.75, 3.05) is 18.6 Å². The summed E-state index contributed by atoms with van der Waals surface area (Å²) in [4.78, 5) is 40.7. The summed E-state index contributed by atoms with van der Waals surface area (Å²) in [6.07, 6.45) is 0. The molecule has 4 rings (SSSR count). The van der Waals surface area contributed by atoms with Crippen LogP contribution in [0.25, 0.3) is 0 Å². The second-order valence-electron chi connectivity index (χ2n) is 7.45. The lowest BCUT2D eigenvalue weighted by atomic mass is 9.79. The van der Waals surface area contributed by atoms with Gasteiger partial charge in [0, 0.05) is 6.04 Å². The number of amides is 2. The number of aryl methyl sites for hydroxylation is 1. The smallest absolute Gasteiger partial charge is 0.329 e. The van der Waals surface area contributed by atoms with E-state index < -0.39 is 47.8 Å². The molecule has 0 radical (unpaired) electrons. The molecule has 2 aliphatic heterocycles. The Morgan fingerprint density at radius 3 is 2.38 bits per heavy atom. The summed E-state index contributed by atoms with van der Waals surface area (Å²) in [6.45, 7) is 1.24. The summed E-state index contributed by atoms with van der Waals surface area (Å²) >= 11 is 0. The molecule has 2 aromatic rings. The van der Waals surface area contributed by atoms with Crippen LogP contribution < -0.4 is 10.2 Å². The van der Waals surface area contributed by atoms with Crippen LogP contribution in [0.4, 0.5) is 5.69 Å². The average molecular weight is 394 g/mol. The molecule has 2 fully saturated rings. The largest absolute Gasteiger partial charge is 0.468 e. The van der Waals surface area contributed by atoms with Crippen LogP contribution in [0, 0.1) is 18.8 Å². The Labute approximate surface area is 168 Å². The van der Waals surface area contributed by atoms with Gasteiger partial charge in [0.2, 0.25) is 11.8 Å². The van der Waals surface area contributed by atoms with Crippen molar-refractivity contribution in [2.45, 2.75) is 18.5 Å². The highest BCUT2D eigenvalue weighted by molar-refractivity contribution is 6.24. The molecule has 2 heterocycles. The van der Waals surface area contributed by atoms with Gasteiger partial charge in [-0.25, -0.2) is 9.69 Å². The molecule has 2 saturated heterocycles. The van der Waals surface area contributed by atoms with Crippen molar-refractivity contribution in [3.63, 3.8) is 0 Å². The van der Waals surface area contributed by atoms with E-state index in [1.807, 2.05) is 31.2 Å². The minimum Gasteiger partial charge on any atom is -0.468 e. The Bertz CT molecular complexity index is 976. The SMILES string of the molecule is COC(=O)[C@]1(CO)N[C@H](c2ccccc2C)[C@@H]2C(=O)N(c3ccccc3)C(=O)[C@H]21. The van der Waals surface area contributed by atoms with Gasteiger partial charge >= 0.3 is 5.97 Å². The van der Waals surface area contributed by atoms with Crippen molar-refractivity contribution >= 4 is 23.5 Å². The predicted octanol–water partition coefficient (Wildman–Crippen LogP) is 1.35. The van der Waals surface area contributed by atoms with Crippen LogP contribution in [0.15, 0.2) is 54.6 Å². The predicted molar refractivity (Wildman–Crippen MR) is 105 cm³/mol. The lowest BCUT2D eigenvalue weighted by molar-refractivity contribution is -0.154. The number of carbonyl (C=O) groups is 3. The van der Waals surface area contributed by atoms with Gasteiger partial charge in [0.05, 0.1) is 31.2 Å². The summed E-state index contributed by atoms with van der Waals surface area (Å²) in [7, 11) is 1.20. The number of carbonyl (C=O) groups excluding carboxylic acids is 3. The van der Waals surface area contributed by atoms with Gasteiger partial charge in [0.25, 0.3) is 0 Å². The molecule has 4 atom stereocenters. The molecule has 7 heteroatoms. The maximum Gasteiger partial charge on any atom is 0.329 e. The minimum atomic E-state index is -1.69. The minimum absolute atomic E-state index is 0.397. The Balaban J connectivity index is 1.88. The van der Waals surface area contributed by atoms with E-state index in [1.54, 1.807) is 30.3 Å². The van der Waals surface area contributed by atoms with Crippen LogP contribution in [0.2, 0.25) is 0 Å². The van der Waals surface area contributed by atoms with Gasteiger partial charge in [0.15, 0.2) is 5.54 Å². The first-order valence-electron chi connectivity index (χ1n) is 9.41. The van der Waals surface area contributed by atoms with Crippen LogP contribution >= 0.6 is 0 Å². The number of methoxy groups -OCH3 is 1. The number of rotatable bonds is 4. The van der Waals surface area contributed by atoms with Crippen molar-refractivity contribution in [2.24, 2.45) is 11.8 Å².